The molecular weight excluding hydrogens is 372 g/mol. The van der Waals surface area contributed by atoms with E-state index < -0.39 is 0 Å². The maximum Gasteiger partial charge on any atom is 0.168 e. The molecule has 0 aliphatic heterocycles. The van der Waals surface area contributed by atoms with Crippen molar-refractivity contribution in [2.45, 2.75) is 26.7 Å². The summed E-state index contributed by atoms with van der Waals surface area (Å²) in [6.45, 7) is 4.78. The van der Waals surface area contributed by atoms with E-state index >= 15 is 0 Å². The second kappa shape index (κ2) is 10.1. The maximum absolute atomic E-state index is 5.87. The molecule has 1 aromatic heterocycles. The Kier molecular flexibility index (Phi) is 7.07. The molecule has 0 spiro atoms. The van der Waals surface area contributed by atoms with Crippen LogP contribution in [0.1, 0.15) is 32.5 Å². The summed E-state index contributed by atoms with van der Waals surface area (Å²) < 4.78 is 7.78. The average Bonchev–Trinajstić information content (AvgIpc) is 3.23. The summed E-state index contributed by atoms with van der Waals surface area (Å²) in [4.78, 5) is 0. The Morgan fingerprint density at radius 2 is 1.87 bits per heavy atom. The topological polar surface area (TPSA) is 66.0 Å². The smallest absolute Gasteiger partial charge is 0.168 e. The molecule has 2 N–H and O–H groups in total. The third-order valence-electron chi connectivity index (χ3n) is 4.60. The highest BCUT2D eigenvalue weighted by atomic mass is 16.5. The number of terminal acetylenes is 1. The Morgan fingerprint density at radius 1 is 1.13 bits per heavy atom. The van der Waals surface area contributed by atoms with Crippen LogP contribution in [0.2, 0.25) is 0 Å². The van der Waals surface area contributed by atoms with Gasteiger partial charge in [-0.15, -0.1) is 16.6 Å². The lowest BCUT2D eigenvalue weighted by Gasteiger charge is -2.12. The first kappa shape index (κ1) is 20.9. The van der Waals surface area contributed by atoms with Gasteiger partial charge < -0.3 is 10.5 Å². The number of benzene rings is 2. The zero-order valence-electron chi connectivity index (χ0n) is 17.4. The molecule has 30 heavy (non-hydrogen) atoms. The zero-order chi connectivity index (χ0) is 21.3. The van der Waals surface area contributed by atoms with Crippen LogP contribution in [0.3, 0.4) is 0 Å². The van der Waals surface area contributed by atoms with Gasteiger partial charge in [0.1, 0.15) is 5.75 Å². The van der Waals surface area contributed by atoms with Gasteiger partial charge >= 0.3 is 0 Å². The molecule has 0 fully saturated rings. The van der Waals surface area contributed by atoms with Crippen molar-refractivity contribution in [2.24, 2.45) is 5.73 Å². The second-order valence-corrected chi connectivity index (χ2v) is 6.73. The van der Waals surface area contributed by atoms with E-state index in [1.807, 2.05) is 72.2 Å². The van der Waals surface area contributed by atoms with Gasteiger partial charge in [-0.3, -0.25) is 4.57 Å². The number of ether oxygens (including phenoxy) is 1. The van der Waals surface area contributed by atoms with Gasteiger partial charge in [-0.05, 0) is 55.8 Å². The number of aromatic nitrogens is 3. The third-order valence-corrected chi connectivity index (χ3v) is 4.60. The molecule has 0 aliphatic rings. The highest BCUT2D eigenvalue weighted by Gasteiger charge is 2.17. The van der Waals surface area contributed by atoms with Gasteiger partial charge in [0.25, 0.3) is 0 Å². The molecule has 5 heteroatoms. The standard InChI is InChI=1S/C25H26N4O/c1-4-7-17-30-23-15-13-20(14-16-23)25-28-27-24(19(5-2)18-21(26)6-3)29(25)22-11-9-8-10-12-22/h3,5,8-16,18H,4,7,17,26H2,1-2H3/b19-5+,21-18+. The second-order valence-electron chi connectivity index (χ2n) is 6.73. The van der Waals surface area contributed by atoms with Crippen molar-refractivity contribution in [3.63, 3.8) is 0 Å². The molecule has 0 aliphatic carbocycles. The monoisotopic (exact) mass is 398 g/mol. The first-order chi connectivity index (χ1) is 14.7. The molecule has 0 saturated carbocycles. The minimum atomic E-state index is 0.334. The van der Waals surface area contributed by atoms with Crippen molar-refractivity contribution < 1.29 is 4.74 Å². The summed E-state index contributed by atoms with van der Waals surface area (Å²) >= 11 is 0. The number of rotatable bonds is 8. The predicted octanol–water partition coefficient (Wildman–Crippen LogP) is 4.99. The van der Waals surface area contributed by atoms with E-state index in [0.29, 0.717) is 18.1 Å². The number of unbranched alkanes of at least 4 members (excludes halogenated alkanes) is 1. The molecule has 0 radical (unpaired) electrons. The fourth-order valence-electron chi connectivity index (χ4n) is 3.00. The normalized spacial score (nSPS) is 11.9. The van der Waals surface area contributed by atoms with E-state index in [4.69, 9.17) is 16.9 Å². The molecule has 3 rings (SSSR count). The van der Waals surface area contributed by atoms with Crippen LogP contribution in [0.5, 0.6) is 5.75 Å². The largest absolute Gasteiger partial charge is 0.494 e. The van der Waals surface area contributed by atoms with E-state index in [2.05, 4.69) is 23.0 Å². The van der Waals surface area contributed by atoms with Gasteiger partial charge in [-0.25, -0.2) is 0 Å². The SMILES string of the molecule is C#C/C(N)=C\C(=C/C)c1nnc(-c2ccc(OCCCC)cc2)n1-c1ccccc1. The number of nitrogens with two attached hydrogens (primary N) is 1. The van der Waals surface area contributed by atoms with Crippen LogP contribution >= 0.6 is 0 Å². The summed E-state index contributed by atoms with van der Waals surface area (Å²) in [7, 11) is 0. The third kappa shape index (κ3) is 4.79. The molecule has 5 nitrogen and oxygen atoms in total. The molecule has 0 amide bonds. The molecule has 0 atom stereocenters. The number of hydrogen-bond donors (Lipinski definition) is 1. The highest BCUT2D eigenvalue weighted by Crippen LogP contribution is 2.28. The van der Waals surface area contributed by atoms with Crippen LogP contribution in [0.25, 0.3) is 22.6 Å². The lowest BCUT2D eigenvalue weighted by molar-refractivity contribution is 0.309. The number of para-hydroxylation sites is 1. The van der Waals surface area contributed by atoms with Gasteiger partial charge in [0.15, 0.2) is 11.6 Å². The van der Waals surface area contributed by atoms with Crippen molar-refractivity contribution in [3.05, 3.63) is 78.3 Å². The summed E-state index contributed by atoms with van der Waals surface area (Å²) in [5, 5.41) is 8.93. The molecule has 1 heterocycles. The Morgan fingerprint density at radius 3 is 2.50 bits per heavy atom. The molecule has 2 aromatic carbocycles. The highest BCUT2D eigenvalue weighted by molar-refractivity contribution is 5.74. The van der Waals surface area contributed by atoms with E-state index in [9.17, 15) is 0 Å². The Labute approximate surface area is 177 Å². The van der Waals surface area contributed by atoms with Gasteiger partial charge in [0.05, 0.1) is 12.3 Å². The van der Waals surface area contributed by atoms with Crippen molar-refractivity contribution >= 4 is 5.57 Å². The van der Waals surface area contributed by atoms with E-state index in [-0.39, 0.29) is 0 Å². The molecule has 0 saturated heterocycles. The fraction of sp³-hybridized carbons (Fsp3) is 0.200. The van der Waals surface area contributed by atoms with Gasteiger partial charge in [-0.2, -0.15) is 0 Å². The van der Waals surface area contributed by atoms with E-state index in [1.165, 1.54) is 0 Å². The summed E-state index contributed by atoms with van der Waals surface area (Å²) in [5.74, 6) is 4.69. The first-order valence-electron chi connectivity index (χ1n) is 10.0. The first-order valence-corrected chi connectivity index (χ1v) is 10.0. The predicted molar refractivity (Wildman–Crippen MR) is 122 cm³/mol. The average molecular weight is 399 g/mol. The Balaban J connectivity index is 2.06. The molecule has 152 valence electrons. The minimum Gasteiger partial charge on any atom is -0.494 e. The van der Waals surface area contributed by atoms with Crippen LogP contribution in [-0.2, 0) is 0 Å². The van der Waals surface area contributed by atoms with Crippen molar-refractivity contribution in [1.82, 2.24) is 14.8 Å². The van der Waals surface area contributed by atoms with Crippen LogP contribution in [0.4, 0.5) is 0 Å². The minimum absolute atomic E-state index is 0.334. The summed E-state index contributed by atoms with van der Waals surface area (Å²) in [6, 6.07) is 17.9. The molecular formula is C25H26N4O. The van der Waals surface area contributed by atoms with Crippen molar-refractivity contribution in [2.75, 3.05) is 6.61 Å². The van der Waals surface area contributed by atoms with Crippen molar-refractivity contribution in [1.29, 1.82) is 0 Å². The molecule has 3 aromatic rings. The van der Waals surface area contributed by atoms with Crippen LogP contribution < -0.4 is 10.5 Å². The number of hydrogen-bond acceptors (Lipinski definition) is 4. The van der Waals surface area contributed by atoms with E-state index in [0.717, 1.165) is 41.2 Å². The number of nitrogens with zero attached hydrogens (tertiary/aromatic N) is 3. The maximum atomic E-state index is 5.87. The lowest BCUT2D eigenvalue weighted by atomic mass is 10.1. The molecule has 0 unspecified atom stereocenters. The van der Waals surface area contributed by atoms with Gasteiger partial charge in [-0.1, -0.05) is 43.5 Å². The van der Waals surface area contributed by atoms with E-state index in [1.54, 1.807) is 6.08 Å². The quantitative estimate of drug-likeness (QED) is 0.330. The summed E-state index contributed by atoms with van der Waals surface area (Å²) in [5.41, 5.74) is 8.89. The van der Waals surface area contributed by atoms with Crippen molar-refractivity contribution in [3.8, 4) is 35.2 Å². The molecule has 0 bridgehead atoms. The summed E-state index contributed by atoms with van der Waals surface area (Å²) in [6.07, 6.45) is 11.2. The van der Waals surface area contributed by atoms with Crippen LogP contribution in [-0.4, -0.2) is 21.4 Å². The zero-order valence-corrected chi connectivity index (χ0v) is 17.4. The lowest BCUT2D eigenvalue weighted by Crippen LogP contribution is -2.03. The van der Waals surface area contributed by atoms with Gasteiger partial charge in [0.2, 0.25) is 0 Å². The van der Waals surface area contributed by atoms with Crippen LogP contribution in [0.15, 0.2) is 72.4 Å². The van der Waals surface area contributed by atoms with Crippen LogP contribution in [0, 0.1) is 12.3 Å². The Bertz CT molecular complexity index is 1070. The fourth-order valence-corrected chi connectivity index (χ4v) is 3.00. The Hall–Kier alpha value is -3.78. The number of allylic oxidation sites excluding steroid dienone is 4. The van der Waals surface area contributed by atoms with Gasteiger partial charge in [0, 0.05) is 16.8 Å².